The molecule has 1 fully saturated rings. The monoisotopic (exact) mass is 314 g/mol. The van der Waals surface area contributed by atoms with Gasteiger partial charge in [-0.05, 0) is 37.2 Å². The average Bonchev–Trinajstić information content (AvgIpc) is 2.93. The zero-order valence-electron chi connectivity index (χ0n) is 12.8. The highest BCUT2D eigenvalue weighted by Crippen LogP contribution is 2.22. The van der Waals surface area contributed by atoms with Crippen molar-refractivity contribution in [3.05, 3.63) is 30.1 Å². The fraction of sp³-hybridized carbons (Fsp3) is 0.529. The van der Waals surface area contributed by atoms with Gasteiger partial charge in [0.15, 0.2) is 5.11 Å². The van der Waals surface area contributed by atoms with Crippen LogP contribution < -0.4 is 5.32 Å². The van der Waals surface area contributed by atoms with Gasteiger partial charge in [0.1, 0.15) is 5.82 Å². The van der Waals surface area contributed by atoms with Crippen LogP contribution in [0.3, 0.4) is 0 Å². The summed E-state index contributed by atoms with van der Waals surface area (Å²) in [7, 11) is 0. The second kappa shape index (κ2) is 5.88. The van der Waals surface area contributed by atoms with Gasteiger partial charge in [0.05, 0.1) is 17.6 Å². The van der Waals surface area contributed by atoms with E-state index in [-0.39, 0.29) is 0 Å². The largest absolute Gasteiger partial charge is 0.360 e. The molecule has 0 spiro atoms. The number of benzene rings is 1. The Morgan fingerprint density at radius 3 is 2.82 bits per heavy atom. The van der Waals surface area contributed by atoms with Gasteiger partial charge in [-0.1, -0.05) is 31.4 Å². The number of imidazole rings is 1. The van der Waals surface area contributed by atoms with Gasteiger partial charge in [0.2, 0.25) is 0 Å². The lowest BCUT2D eigenvalue weighted by Gasteiger charge is -2.33. The zero-order chi connectivity index (χ0) is 14.9. The van der Waals surface area contributed by atoms with Crippen LogP contribution in [0.2, 0.25) is 0 Å². The first-order chi connectivity index (χ1) is 10.8. The molecule has 1 aliphatic heterocycles. The van der Waals surface area contributed by atoms with Gasteiger partial charge in [0, 0.05) is 19.1 Å². The van der Waals surface area contributed by atoms with Crippen LogP contribution in [0.4, 0.5) is 0 Å². The molecule has 116 valence electrons. The van der Waals surface area contributed by atoms with Crippen LogP contribution in [-0.2, 0) is 13.1 Å². The van der Waals surface area contributed by atoms with E-state index in [0.717, 1.165) is 36.1 Å². The van der Waals surface area contributed by atoms with Crippen LogP contribution in [0, 0.1) is 0 Å². The Morgan fingerprint density at radius 2 is 1.95 bits per heavy atom. The number of nitrogens with zero attached hydrogens (tertiary/aromatic N) is 3. The molecule has 1 saturated carbocycles. The van der Waals surface area contributed by atoms with Gasteiger partial charge < -0.3 is 14.8 Å². The summed E-state index contributed by atoms with van der Waals surface area (Å²) in [6, 6.07) is 8.94. The Hall–Kier alpha value is -1.62. The lowest BCUT2D eigenvalue weighted by Crippen LogP contribution is -2.47. The van der Waals surface area contributed by atoms with Gasteiger partial charge in [-0.15, -0.1) is 0 Å². The Kier molecular flexibility index (Phi) is 3.74. The summed E-state index contributed by atoms with van der Waals surface area (Å²) < 4.78 is 2.33. The molecule has 2 aliphatic rings. The van der Waals surface area contributed by atoms with Crippen LogP contribution in [-0.4, -0.2) is 32.2 Å². The number of nitrogens with one attached hydrogen (secondary N) is 1. The molecule has 2 heterocycles. The maximum atomic E-state index is 5.64. The molecule has 1 aliphatic carbocycles. The van der Waals surface area contributed by atoms with Gasteiger partial charge in [-0.2, -0.15) is 0 Å². The van der Waals surface area contributed by atoms with Crippen molar-refractivity contribution < 1.29 is 0 Å². The van der Waals surface area contributed by atoms with Crippen LogP contribution in [0.15, 0.2) is 24.3 Å². The second-order valence-corrected chi connectivity index (χ2v) is 6.76. The quantitative estimate of drug-likeness (QED) is 0.820. The maximum Gasteiger partial charge on any atom is 0.169 e. The molecular formula is C17H22N4S. The lowest BCUT2D eigenvalue weighted by atomic mass is 9.96. The van der Waals surface area contributed by atoms with E-state index in [0.29, 0.717) is 6.04 Å². The Bertz CT molecular complexity index is 687. The molecule has 4 rings (SSSR count). The highest BCUT2D eigenvalue weighted by molar-refractivity contribution is 7.80. The van der Waals surface area contributed by atoms with Crippen LogP contribution >= 0.6 is 12.2 Å². The molecule has 4 nitrogen and oxygen atoms in total. The third-order valence-corrected chi connectivity index (χ3v) is 5.26. The topological polar surface area (TPSA) is 33.1 Å². The Morgan fingerprint density at radius 1 is 1.14 bits per heavy atom. The SMILES string of the molecule is S=C(NC1CCCCC1)N1CCn2c(nc3ccccc32)C1. The summed E-state index contributed by atoms with van der Waals surface area (Å²) in [5.41, 5.74) is 2.33. The number of thiocarbonyl (C=S) groups is 1. The third-order valence-electron chi connectivity index (χ3n) is 4.88. The molecule has 0 bridgehead atoms. The second-order valence-electron chi connectivity index (χ2n) is 6.37. The van der Waals surface area contributed by atoms with E-state index in [1.54, 1.807) is 0 Å². The van der Waals surface area contributed by atoms with E-state index >= 15 is 0 Å². The van der Waals surface area contributed by atoms with Gasteiger partial charge in [-0.25, -0.2) is 4.98 Å². The minimum absolute atomic E-state index is 0.571. The average molecular weight is 314 g/mol. The number of para-hydroxylation sites is 2. The molecule has 1 N–H and O–H groups in total. The summed E-state index contributed by atoms with van der Waals surface area (Å²) in [4.78, 5) is 7.04. The van der Waals surface area contributed by atoms with Crippen molar-refractivity contribution in [2.24, 2.45) is 0 Å². The van der Waals surface area contributed by atoms with Crippen molar-refractivity contribution in [3.8, 4) is 0 Å². The van der Waals surface area contributed by atoms with E-state index in [4.69, 9.17) is 17.2 Å². The van der Waals surface area contributed by atoms with Crippen LogP contribution in [0.1, 0.15) is 37.9 Å². The van der Waals surface area contributed by atoms with E-state index in [2.05, 4.69) is 33.0 Å². The van der Waals surface area contributed by atoms with Crippen molar-refractivity contribution in [2.45, 2.75) is 51.2 Å². The summed E-state index contributed by atoms with van der Waals surface area (Å²) in [5.74, 6) is 1.13. The standard InChI is InChI=1S/C17H22N4S/c22-17(18-13-6-2-1-3-7-13)20-10-11-21-15-9-5-4-8-14(15)19-16(21)12-20/h4-5,8-9,13H,1-3,6-7,10-12H2,(H,18,22). The van der Waals surface area contributed by atoms with Gasteiger partial charge in [0.25, 0.3) is 0 Å². The number of hydrogen-bond acceptors (Lipinski definition) is 2. The highest BCUT2D eigenvalue weighted by Gasteiger charge is 2.23. The number of hydrogen-bond donors (Lipinski definition) is 1. The normalized spacial score (nSPS) is 19.2. The lowest BCUT2D eigenvalue weighted by molar-refractivity contribution is 0.317. The summed E-state index contributed by atoms with van der Waals surface area (Å²) in [5, 5.41) is 4.48. The molecule has 0 saturated heterocycles. The van der Waals surface area contributed by atoms with E-state index in [1.165, 1.54) is 37.6 Å². The third kappa shape index (κ3) is 2.58. The minimum atomic E-state index is 0.571. The van der Waals surface area contributed by atoms with Crippen molar-refractivity contribution in [3.63, 3.8) is 0 Å². The first kappa shape index (κ1) is 14.0. The molecule has 0 unspecified atom stereocenters. The predicted octanol–water partition coefficient (Wildman–Crippen LogP) is 3.06. The fourth-order valence-electron chi connectivity index (χ4n) is 3.65. The first-order valence-corrected chi connectivity index (χ1v) is 8.72. The van der Waals surface area contributed by atoms with Gasteiger partial charge in [-0.3, -0.25) is 0 Å². The number of fused-ring (bicyclic) bond motifs is 3. The molecule has 0 amide bonds. The van der Waals surface area contributed by atoms with Crippen molar-refractivity contribution in [1.29, 1.82) is 0 Å². The van der Waals surface area contributed by atoms with E-state index < -0.39 is 0 Å². The molecule has 1 aromatic carbocycles. The summed E-state index contributed by atoms with van der Waals surface area (Å²) >= 11 is 5.64. The highest BCUT2D eigenvalue weighted by atomic mass is 32.1. The fourth-order valence-corrected chi connectivity index (χ4v) is 3.97. The zero-order valence-corrected chi connectivity index (χ0v) is 13.6. The van der Waals surface area contributed by atoms with E-state index in [1.807, 2.05) is 6.07 Å². The molecule has 2 aromatic rings. The van der Waals surface area contributed by atoms with Gasteiger partial charge >= 0.3 is 0 Å². The maximum absolute atomic E-state index is 5.64. The first-order valence-electron chi connectivity index (χ1n) is 8.31. The summed E-state index contributed by atoms with van der Waals surface area (Å²) in [6.07, 6.45) is 6.55. The molecule has 1 aromatic heterocycles. The molecular weight excluding hydrogens is 292 g/mol. The van der Waals surface area contributed by atoms with Crippen molar-refractivity contribution >= 4 is 28.4 Å². The molecule has 0 radical (unpaired) electrons. The minimum Gasteiger partial charge on any atom is -0.360 e. The smallest absolute Gasteiger partial charge is 0.169 e. The molecule has 0 atom stereocenters. The number of rotatable bonds is 1. The van der Waals surface area contributed by atoms with Crippen molar-refractivity contribution in [1.82, 2.24) is 19.8 Å². The predicted molar refractivity (Wildman–Crippen MR) is 92.7 cm³/mol. The van der Waals surface area contributed by atoms with Crippen LogP contribution in [0.5, 0.6) is 0 Å². The molecule has 22 heavy (non-hydrogen) atoms. The Labute approximate surface area is 136 Å². The van der Waals surface area contributed by atoms with Crippen molar-refractivity contribution in [2.75, 3.05) is 6.54 Å². The summed E-state index contributed by atoms with van der Waals surface area (Å²) in [6.45, 7) is 2.74. The number of aromatic nitrogens is 2. The van der Waals surface area contributed by atoms with E-state index in [9.17, 15) is 0 Å². The van der Waals surface area contributed by atoms with Crippen LogP contribution in [0.25, 0.3) is 11.0 Å². The molecule has 5 heteroatoms. The Balaban J connectivity index is 1.48.